The second-order valence-electron chi connectivity index (χ2n) is 2.72. The summed E-state index contributed by atoms with van der Waals surface area (Å²) in [6.07, 6.45) is 0.679. The molecule has 0 fully saturated rings. The molecule has 0 saturated heterocycles. The van der Waals surface area contributed by atoms with Gasteiger partial charge in [-0.3, -0.25) is 8.98 Å². The summed E-state index contributed by atoms with van der Waals surface area (Å²) in [4.78, 5) is 11.1. The van der Waals surface area contributed by atoms with E-state index in [1.165, 1.54) is 0 Å². The van der Waals surface area contributed by atoms with Crippen molar-refractivity contribution in [1.29, 1.82) is 0 Å². The summed E-state index contributed by atoms with van der Waals surface area (Å²) in [6.45, 7) is 3.59. The van der Waals surface area contributed by atoms with Crippen LogP contribution < -0.4 is 5.32 Å². The van der Waals surface area contributed by atoms with Crippen molar-refractivity contribution < 1.29 is 17.4 Å². The number of nitrogens with one attached hydrogen (secondary N) is 1. The first kappa shape index (κ1) is 19.9. The Bertz CT molecular complexity index is 261. The van der Waals surface area contributed by atoms with Gasteiger partial charge in [-0.1, -0.05) is 28.7 Å². The first-order valence-electron chi connectivity index (χ1n) is 3.99. The maximum atomic E-state index is 11.1. The van der Waals surface area contributed by atoms with Crippen molar-refractivity contribution in [2.45, 2.75) is 35.1 Å². The van der Waals surface area contributed by atoms with Crippen LogP contribution >= 0.6 is 0 Å². The van der Waals surface area contributed by atoms with Crippen LogP contribution in [0.25, 0.3) is 0 Å². The first-order chi connectivity index (χ1) is 5.93. The van der Waals surface area contributed by atoms with Crippen LogP contribution in [0.15, 0.2) is 0 Å². The van der Waals surface area contributed by atoms with Crippen LogP contribution in [0.4, 0.5) is 0 Å². The topological polar surface area (TPSA) is 72.5 Å². The Morgan fingerprint density at radius 3 is 2.20 bits per heavy atom. The van der Waals surface area contributed by atoms with Crippen molar-refractivity contribution >= 4 is 16.0 Å². The van der Waals surface area contributed by atoms with Gasteiger partial charge in [0.2, 0.25) is 5.91 Å². The van der Waals surface area contributed by atoms with E-state index in [-0.39, 0.29) is 26.7 Å². The minimum absolute atomic E-state index is 0. The van der Waals surface area contributed by atoms with Crippen LogP contribution in [-0.4, -0.2) is 27.3 Å². The molecule has 0 aromatic carbocycles. The Kier molecular flexibility index (Phi) is 11.5. The summed E-state index contributed by atoms with van der Waals surface area (Å²) in [5, 5.41) is 2.27. The number of amides is 1. The molecule has 1 amide bonds. The third kappa shape index (κ3) is 8.38. The normalized spacial score (nSPS) is 11.9. The lowest BCUT2D eigenvalue weighted by atomic mass is 10.1. The Morgan fingerprint density at radius 2 is 1.87 bits per heavy atom. The molecular weight excluding hydrogens is 218 g/mol. The summed E-state index contributed by atoms with van der Waals surface area (Å²) < 4.78 is 25.7. The zero-order chi connectivity index (χ0) is 10.5. The maximum Gasteiger partial charge on any atom is 0.285 e. The van der Waals surface area contributed by atoms with Crippen molar-refractivity contribution in [3.63, 3.8) is 0 Å². The molecule has 0 aliphatic heterocycles. The molecule has 1 N–H and O–H groups in total. The molecule has 0 aliphatic carbocycles. The molecule has 0 aliphatic rings. The van der Waals surface area contributed by atoms with Gasteiger partial charge in [-0.25, -0.2) is 0 Å². The summed E-state index contributed by atoms with van der Waals surface area (Å²) in [6, 6.07) is 0. The van der Waals surface area contributed by atoms with E-state index in [0.29, 0.717) is 6.42 Å². The highest BCUT2D eigenvalue weighted by molar-refractivity contribution is 7.86. The molecule has 0 aromatic rings. The van der Waals surface area contributed by atoms with Crippen LogP contribution in [-0.2, 0) is 19.1 Å². The van der Waals surface area contributed by atoms with E-state index < -0.39 is 16.0 Å². The second-order valence-corrected chi connectivity index (χ2v) is 4.46. The highest BCUT2D eigenvalue weighted by Gasteiger charge is 2.14. The van der Waals surface area contributed by atoms with E-state index >= 15 is 0 Å². The predicted octanol–water partition coefficient (Wildman–Crippen LogP) is 1.35. The maximum absolute atomic E-state index is 11.1. The minimum Gasteiger partial charge on any atom is -0.340 e. The Morgan fingerprint density at radius 1 is 1.40 bits per heavy atom. The van der Waals surface area contributed by atoms with Gasteiger partial charge in [-0.2, -0.15) is 8.42 Å². The monoisotopic (exact) mass is 241 g/mol. The lowest BCUT2D eigenvalue weighted by Gasteiger charge is -2.08. The molecule has 1 unspecified atom stereocenters. The smallest absolute Gasteiger partial charge is 0.285 e. The van der Waals surface area contributed by atoms with Gasteiger partial charge in [0.15, 0.2) is 0 Å². The van der Waals surface area contributed by atoms with E-state index in [1.54, 1.807) is 6.92 Å². The molecule has 0 heterocycles. The third-order valence-electron chi connectivity index (χ3n) is 1.74. The number of hydrogen-bond donors (Lipinski definition) is 1. The SMILES string of the molecule is C.C.CCC(C)C(=O)NCS(=O)(=O)OC. The molecule has 0 rings (SSSR count). The molecule has 0 bridgehead atoms. The summed E-state index contributed by atoms with van der Waals surface area (Å²) in [7, 11) is -2.53. The minimum atomic E-state index is -3.59. The number of carbonyl (C=O) groups excluding carboxylic acids is 1. The molecule has 0 aromatic heterocycles. The average Bonchev–Trinajstić information content (AvgIpc) is 2.13. The quantitative estimate of drug-likeness (QED) is 0.737. The van der Waals surface area contributed by atoms with Gasteiger partial charge >= 0.3 is 0 Å². The average molecular weight is 241 g/mol. The van der Waals surface area contributed by atoms with Gasteiger partial charge in [0, 0.05) is 5.92 Å². The summed E-state index contributed by atoms with van der Waals surface area (Å²) >= 11 is 0. The molecule has 0 radical (unpaired) electrons. The largest absolute Gasteiger partial charge is 0.340 e. The Labute approximate surface area is 93.3 Å². The van der Waals surface area contributed by atoms with Crippen LogP contribution in [0.5, 0.6) is 0 Å². The Balaban J connectivity index is -0.000000720. The van der Waals surface area contributed by atoms with Crippen molar-refractivity contribution in [2.24, 2.45) is 5.92 Å². The van der Waals surface area contributed by atoms with Crippen molar-refractivity contribution in [3.05, 3.63) is 0 Å². The van der Waals surface area contributed by atoms with E-state index in [9.17, 15) is 13.2 Å². The van der Waals surface area contributed by atoms with Gasteiger partial charge < -0.3 is 5.32 Å². The fraction of sp³-hybridized carbons (Fsp3) is 0.889. The highest BCUT2D eigenvalue weighted by Crippen LogP contribution is 1.99. The number of rotatable bonds is 5. The molecule has 6 heteroatoms. The number of carbonyl (C=O) groups is 1. The van der Waals surface area contributed by atoms with Gasteiger partial charge in [0.25, 0.3) is 10.1 Å². The highest BCUT2D eigenvalue weighted by atomic mass is 32.2. The van der Waals surface area contributed by atoms with Crippen LogP contribution in [0, 0.1) is 5.92 Å². The van der Waals surface area contributed by atoms with Crippen LogP contribution in [0.1, 0.15) is 35.1 Å². The van der Waals surface area contributed by atoms with Gasteiger partial charge in [-0.15, -0.1) is 0 Å². The van der Waals surface area contributed by atoms with Gasteiger partial charge in [-0.05, 0) is 6.42 Å². The summed E-state index contributed by atoms with van der Waals surface area (Å²) in [5.74, 6) is -0.915. The zero-order valence-electron chi connectivity index (χ0n) is 8.03. The van der Waals surface area contributed by atoms with Crippen molar-refractivity contribution in [2.75, 3.05) is 13.0 Å². The molecular formula is C9H23NO4S. The van der Waals surface area contributed by atoms with E-state index in [4.69, 9.17) is 0 Å². The molecule has 1 atom stereocenters. The van der Waals surface area contributed by atoms with Gasteiger partial charge in [0.05, 0.1) is 7.11 Å². The first-order valence-corrected chi connectivity index (χ1v) is 5.56. The van der Waals surface area contributed by atoms with E-state index in [2.05, 4.69) is 9.50 Å². The Hall–Kier alpha value is -0.620. The van der Waals surface area contributed by atoms with Gasteiger partial charge in [0.1, 0.15) is 5.88 Å². The fourth-order valence-electron chi connectivity index (χ4n) is 0.578. The second kappa shape index (κ2) is 8.67. The predicted molar refractivity (Wildman–Crippen MR) is 61.9 cm³/mol. The molecule has 94 valence electrons. The van der Waals surface area contributed by atoms with E-state index in [1.807, 2.05) is 6.92 Å². The standard InChI is InChI=1S/C7H15NO4S.2CH4/c1-4-6(2)7(9)8-5-13(10,11)12-3;;/h6H,4-5H2,1-3H3,(H,8,9);2*1H4. The molecule has 0 spiro atoms. The zero-order valence-corrected chi connectivity index (χ0v) is 8.85. The molecule has 5 nitrogen and oxygen atoms in total. The van der Waals surface area contributed by atoms with E-state index in [0.717, 1.165) is 7.11 Å². The third-order valence-corrected chi connectivity index (χ3v) is 2.74. The lowest BCUT2D eigenvalue weighted by Crippen LogP contribution is -2.33. The van der Waals surface area contributed by atoms with Crippen LogP contribution in [0.3, 0.4) is 0 Å². The fourth-order valence-corrected chi connectivity index (χ4v) is 1.01. The molecule has 15 heavy (non-hydrogen) atoms. The van der Waals surface area contributed by atoms with Crippen molar-refractivity contribution in [3.8, 4) is 0 Å². The number of hydrogen-bond acceptors (Lipinski definition) is 4. The van der Waals surface area contributed by atoms with Crippen LogP contribution in [0.2, 0.25) is 0 Å². The van der Waals surface area contributed by atoms with Crippen molar-refractivity contribution in [1.82, 2.24) is 5.32 Å². The summed E-state index contributed by atoms with van der Waals surface area (Å²) in [5.41, 5.74) is 0. The lowest BCUT2D eigenvalue weighted by molar-refractivity contribution is -0.124. The molecule has 0 saturated carbocycles.